The lowest BCUT2D eigenvalue weighted by molar-refractivity contribution is 0.0723. The van der Waals surface area contributed by atoms with Crippen molar-refractivity contribution in [2.45, 2.75) is 13.3 Å². The van der Waals surface area contributed by atoms with E-state index in [4.69, 9.17) is 17.3 Å². The van der Waals surface area contributed by atoms with Gasteiger partial charge >= 0.3 is 0 Å². The van der Waals surface area contributed by atoms with Gasteiger partial charge in [0, 0.05) is 13.1 Å². The van der Waals surface area contributed by atoms with E-state index in [1.807, 2.05) is 6.92 Å². The predicted molar refractivity (Wildman–Crippen MR) is 76.7 cm³/mol. The van der Waals surface area contributed by atoms with Gasteiger partial charge in [0.1, 0.15) is 5.82 Å². The standard InChI is InChI=1S/C13H16FN3O2S/c1-2-3-17(4-5-18)12(19)9-6-8(14)7-10-11(9)16-13(20)15-10/h6-7,18H,2-5H2,1H3,(H2,15,16,20). The van der Waals surface area contributed by atoms with Crippen LogP contribution in [-0.4, -0.2) is 45.6 Å². The smallest absolute Gasteiger partial charge is 0.256 e. The highest BCUT2D eigenvalue weighted by atomic mass is 32.1. The second kappa shape index (κ2) is 6.15. The number of aliphatic hydroxyl groups excluding tert-OH is 1. The Labute approximate surface area is 120 Å². The quantitative estimate of drug-likeness (QED) is 0.741. The molecule has 0 radical (unpaired) electrons. The first-order valence-corrected chi connectivity index (χ1v) is 6.79. The van der Waals surface area contributed by atoms with Gasteiger partial charge in [0.05, 0.1) is 23.2 Å². The van der Waals surface area contributed by atoms with E-state index in [1.165, 1.54) is 17.0 Å². The SMILES string of the molecule is CCCN(CCO)C(=O)c1cc(F)cc2[nH]c(=S)[nH]c12. The molecule has 0 spiro atoms. The fourth-order valence-corrected chi connectivity index (χ4v) is 2.36. The summed E-state index contributed by atoms with van der Waals surface area (Å²) in [6, 6.07) is 2.47. The number of fused-ring (bicyclic) bond motifs is 1. The van der Waals surface area contributed by atoms with Crippen LogP contribution in [0.1, 0.15) is 23.7 Å². The van der Waals surface area contributed by atoms with Crippen LogP contribution in [0, 0.1) is 10.6 Å². The number of rotatable bonds is 5. The average molecular weight is 297 g/mol. The third kappa shape index (κ3) is 2.88. The van der Waals surface area contributed by atoms with Gasteiger partial charge in [-0.1, -0.05) is 6.92 Å². The molecule has 3 N–H and O–H groups in total. The Hall–Kier alpha value is -1.73. The second-order valence-corrected chi connectivity index (χ2v) is 4.88. The number of benzene rings is 1. The van der Waals surface area contributed by atoms with E-state index < -0.39 is 5.82 Å². The number of carbonyl (C=O) groups excluding carboxylic acids is 1. The van der Waals surface area contributed by atoms with Crippen LogP contribution in [0.2, 0.25) is 0 Å². The van der Waals surface area contributed by atoms with Crippen molar-refractivity contribution in [2.75, 3.05) is 19.7 Å². The molecule has 1 aromatic heterocycles. The van der Waals surface area contributed by atoms with Crippen LogP contribution in [0.5, 0.6) is 0 Å². The van der Waals surface area contributed by atoms with Crippen molar-refractivity contribution in [1.29, 1.82) is 0 Å². The number of nitrogens with one attached hydrogen (secondary N) is 2. The van der Waals surface area contributed by atoms with E-state index in [1.54, 1.807) is 0 Å². The summed E-state index contributed by atoms with van der Waals surface area (Å²) < 4.78 is 14.0. The molecule has 0 saturated heterocycles. The molecule has 108 valence electrons. The number of nitrogens with zero attached hydrogens (tertiary/aromatic N) is 1. The van der Waals surface area contributed by atoms with Gasteiger partial charge in [0.25, 0.3) is 5.91 Å². The Morgan fingerprint density at radius 1 is 1.40 bits per heavy atom. The van der Waals surface area contributed by atoms with Gasteiger partial charge in [0.2, 0.25) is 0 Å². The van der Waals surface area contributed by atoms with E-state index in [9.17, 15) is 9.18 Å². The molecule has 0 saturated carbocycles. The third-order valence-electron chi connectivity index (χ3n) is 2.97. The Kier molecular flexibility index (Phi) is 4.51. The highest BCUT2D eigenvalue weighted by molar-refractivity contribution is 7.71. The Morgan fingerprint density at radius 3 is 2.80 bits per heavy atom. The van der Waals surface area contributed by atoms with Gasteiger partial charge in [0.15, 0.2) is 4.77 Å². The van der Waals surface area contributed by atoms with E-state index in [0.717, 1.165) is 6.42 Å². The monoisotopic (exact) mass is 297 g/mol. The zero-order valence-electron chi connectivity index (χ0n) is 11.1. The lowest BCUT2D eigenvalue weighted by Crippen LogP contribution is -2.34. The molecule has 1 amide bonds. The molecule has 1 heterocycles. The van der Waals surface area contributed by atoms with Crippen molar-refractivity contribution in [1.82, 2.24) is 14.9 Å². The minimum atomic E-state index is -0.508. The Morgan fingerprint density at radius 2 is 2.15 bits per heavy atom. The number of amides is 1. The maximum absolute atomic E-state index is 13.6. The predicted octanol–water partition coefficient (Wildman–Crippen LogP) is 2.21. The number of hydrogen-bond donors (Lipinski definition) is 3. The molecule has 5 nitrogen and oxygen atoms in total. The number of aliphatic hydroxyl groups is 1. The molecule has 0 aliphatic heterocycles. The highest BCUT2D eigenvalue weighted by Gasteiger charge is 2.19. The molecular weight excluding hydrogens is 281 g/mol. The van der Waals surface area contributed by atoms with Crippen molar-refractivity contribution in [3.63, 3.8) is 0 Å². The molecule has 0 aliphatic rings. The molecule has 2 rings (SSSR count). The summed E-state index contributed by atoms with van der Waals surface area (Å²) in [7, 11) is 0. The lowest BCUT2D eigenvalue weighted by atomic mass is 10.1. The molecule has 1 aromatic carbocycles. The van der Waals surface area contributed by atoms with E-state index in [-0.39, 0.29) is 24.6 Å². The molecular formula is C13H16FN3O2S. The van der Waals surface area contributed by atoms with Crippen molar-refractivity contribution in [3.05, 3.63) is 28.3 Å². The zero-order chi connectivity index (χ0) is 14.7. The largest absolute Gasteiger partial charge is 0.395 e. The summed E-state index contributed by atoms with van der Waals surface area (Å²) in [5, 5.41) is 9.03. The molecule has 0 aliphatic carbocycles. The van der Waals surface area contributed by atoms with Gasteiger partial charge in [-0.2, -0.15) is 0 Å². The molecule has 0 unspecified atom stereocenters. The molecule has 0 bridgehead atoms. The fraction of sp³-hybridized carbons (Fsp3) is 0.385. The van der Waals surface area contributed by atoms with Crippen LogP contribution in [0.15, 0.2) is 12.1 Å². The Bertz CT molecular complexity index is 674. The maximum atomic E-state index is 13.6. The first kappa shape index (κ1) is 14.7. The molecule has 0 atom stereocenters. The van der Waals surface area contributed by atoms with Crippen LogP contribution >= 0.6 is 12.2 Å². The van der Waals surface area contributed by atoms with Crippen LogP contribution in [0.3, 0.4) is 0 Å². The summed E-state index contributed by atoms with van der Waals surface area (Å²) in [5.41, 5.74) is 1.16. The topological polar surface area (TPSA) is 72.1 Å². The van der Waals surface area contributed by atoms with E-state index in [0.29, 0.717) is 22.3 Å². The van der Waals surface area contributed by atoms with E-state index >= 15 is 0 Å². The molecule has 2 aromatic rings. The molecule has 7 heteroatoms. The number of H-pyrrole nitrogens is 2. The summed E-state index contributed by atoms with van der Waals surface area (Å²) in [5.74, 6) is -0.831. The number of halogens is 1. The molecule has 0 fully saturated rings. The maximum Gasteiger partial charge on any atom is 0.256 e. The first-order chi connectivity index (χ1) is 9.56. The van der Waals surface area contributed by atoms with E-state index in [2.05, 4.69) is 9.97 Å². The summed E-state index contributed by atoms with van der Waals surface area (Å²) >= 11 is 4.97. The average Bonchev–Trinajstić information content (AvgIpc) is 2.76. The van der Waals surface area contributed by atoms with Crippen molar-refractivity contribution in [3.8, 4) is 0 Å². The van der Waals surface area contributed by atoms with Gasteiger partial charge in [-0.3, -0.25) is 4.79 Å². The second-order valence-electron chi connectivity index (χ2n) is 4.47. The number of hydrogen-bond acceptors (Lipinski definition) is 3. The van der Waals surface area contributed by atoms with Gasteiger partial charge in [-0.15, -0.1) is 0 Å². The van der Waals surface area contributed by atoms with Crippen molar-refractivity contribution < 1.29 is 14.3 Å². The first-order valence-electron chi connectivity index (χ1n) is 6.38. The number of aromatic amines is 2. The van der Waals surface area contributed by atoms with Crippen LogP contribution in [0.4, 0.5) is 4.39 Å². The van der Waals surface area contributed by atoms with Gasteiger partial charge in [-0.05, 0) is 30.8 Å². The van der Waals surface area contributed by atoms with Crippen LogP contribution < -0.4 is 0 Å². The summed E-state index contributed by atoms with van der Waals surface area (Å²) in [6.45, 7) is 2.52. The normalized spacial score (nSPS) is 10.9. The zero-order valence-corrected chi connectivity index (χ0v) is 11.9. The lowest BCUT2D eigenvalue weighted by Gasteiger charge is -2.21. The van der Waals surface area contributed by atoms with Gasteiger partial charge in [-0.25, -0.2) is 4.39 Å². The van der Waals surface area contributed by atoms with Crippen LogP contribution in [0.25, 0.3) is 11.0 Å². The summed E-state index contributed by atoms with van der Waals surface area (Å²) in [4.78, 5) is 19.6. The fourth-order valence-electron chi connectivity index (χ4n) is 2.15. The third-order valence-corrected chi connectivity index (χ3v) is 3.18. The van der Waals surface area contributed by atoms with Gasteiger partial charge < -0.3 is 20.0 Å². The number of imidazole rings is 1. The minimum absolute atomic E-state index is 0.132. The highest BCUT2D eigenvalue weighted by Crippen LogP contribution is 2.19. The molecule has 20 heavy (non-hydrogen) atoms. The minimum Gasteiger partial charge on any atom is -0.395 e. The van der Waals surface area contributed by atoms with Crippen molar-refractivity contribution >= 4 is 29.2 Å². The number of aromatic nitrogens is 2. The van der Waals surface area contributed by atoms with Crippen molar-refractivity contribution in [2.24, 2.45) is 0 Å². The Balaban J connectivity index is 2.49. The van der Waals surface area contributed by atoms with Crippen LogP contribution in [-0.2, 0) is 0 Å². The summed E-state index contributed by atoms with van der Waals surface area (Å²) in [6.07, 6.45) is 0.757. The number of carbonyl (C=O) groups is 1.